The van der Waals surface area contributed by atoms with Crippen molar-refractivity contribution in [3.05, 3.63) is 23.8 Å². The van der Waals surface area contributed by atoms with Crippen molar-refractivity contribution in [1.82, 2.24) is 9.80 Å². The highest BCUT2D eigenvalue weighted by Gasteiger charge is 2.33. The van der Waals surface area contributed by atoms with Gasteiger partial charge in [0.15, 0.2) is 11.5 Å². The van der Waals surface area contributed by atoms with E-state index in [2.05, 4.69) is 0 Å². The van der Waals surface area contributed by atoms with Gasteiger partial charge in [-0.05, 0) is 30.5 Å². The number of rotatable bonds is 3. The Bertz CT molecular complexity index is 703. The fourth-order valence-corrected chi connectivity index (χ4v) is 3.65. The summed E-state index contributed by atoms with van der Waals surface area (Å²) < 4.78 is 11.2. The van der Waals surface area contributed by atoms with Crippen molar-refractivity contribution in [2.45, 2.75) is 40.2 Å². The molecule has 3 rings (SSSR count). The minimum atomic E-state index is -0.369. The molecule has 148 valence electrons. The molecule has 0 aromatic heterocycles. The Morgan fingerprint density at radius 1 is 1.11 bits per heavy atom. The molecule has 2 aliphatic heterocycles. The van der Waals surface area contributed by atoms with Gasteiger partial charge in [0.1, 0.15) is 13.2 Å². The van der Waals surface area contributed by atoms with E-state index in [-0.39, 0.29) is 23.1 Å². The highest BCUT2D eigenvalue weighted by Crippen LogP contribution is 2.31. The molecular weight excluding hydrogens is 344 g/mol. The molecule has 0 unspecified atom stereocenters. The number of piperidine rings is 1. The number of hydrogen-bond donors (Lipinski definition) is 0. The molecule has 2 aliphatic rings. The maximum absolute atomic E-state index is 12.8. The van der Waals surface area contributed by atoms with Gasteiger partial charge in [0.05, 0.1) is 0 Å². The van der Waals surface area contributed by atoms with Crippen molar-refractivity contribution >= 4 is 11.8 Å². The van der Waals surface area contributed by atoms with Gasteiger partial charge < -0.3 is 19.3 Å². The molecule has 6 nitrogen and oxygen atoms in total. The van der Waals surface area contributed by atoms with Gasteiger partial charge >= 0.3 is 0 Å². The molecule has 0 N–H and O–H groups in total. The van der Waals surface area contributed by atoms with E-state index in [9.17, 15) is 9.59 Å². The van der Waals surface area contributed by atoms with Crippen molar-refractivity contribution in [3.8, 4) is 11.5 Å². The second-order valence-electron chi connectivity index (χ2n) is 8.49. The highest BCUT2D eigenvalue weighted by atomic mass is 16.6. The Morgan fingerprint density at radius 3 is 2.37 bits per heavy atom. The minimum Gasteiger partial charge on any atom is -0.486 e. The summed E-state index contributed by atoms with van der Waals surface area (Å²) in [5, 5.41) is 0. The SMILES string of the molecule is CN(Cc1ccc2c(c1)OCCO2)C(=O)C1CCN(C(=O)C(C)(C)C)CC1. The van der Waals surface area contributed by atoms with E-state index in [1.165, 1.54) is 0 Å². The molecule has 2 amide bonds. The van der Waals surface area contributed by atoms with Crippen LogP contribution >= 0.6 is 0 Å². The van der Waals surface area contributed by atoms with Crippen molar-refractivity contribution in [2.24, 2.45) is 11.3 Å². The largest absolute Gasteiger partial charge is 0.486 e. The number of carbonyl (C=O) groups excluding carboxylic acids is 2. The molecular formula is C21H30N2O4. The molecule has 2 heterocycles. The van der Waals surface area contributed by atoms with Crippen molar-refractivity contribution in [3.63, 3.8) is 0 Å². The molecule has 0 atom stereocenters. The quantitative estimate of drug-likeness (QED) is 0.816. The molecule has 1 aromatic carbocycles. The van der Waals surface area contributed by atoms with Crippen LogP contribution in [-0.4, -0.2) is 55.0 Å². The number of benzene rings is 1. The number of amides is 2. The Labute approximate surface area is 161 Å². The van der Waals surface area contributed by atoms with E-state index < -0.39 is 0 Å². The third-order valence-electron chi connectivity index (χ3n) is 5.18. The van der Waals surface area contributed by atoms with Crippen LogP contribution in [0.2, 0.25) is 0 Å². The van der Waals surface area contributed by atoms with Crippen molar-refractivity contribution in [1.29, 1.82) is 0 Å². The van der Waals surface area contributed by atoms with Crippen LogP contribution in [0.5, 0.6) is 11.5 Å². The zero-order chi connectivity index (χ0) is 19.6. The number of ether oxygens (including phenoxy) is 2. The Hall–Kier alpha value is -2.24. The lowest BCUT2D eigenvalue weighted by Gasteiger charge is -2.36. The predicted octanol–water partition coefficient (Wildman–Crippen LogP) is 2.70. The second-order valence-corrected chi connectivity index (χ2v) is 8.49. The van der Waals surface area contributed by atoms with Gasteiger partial charge in [-0.2, -0.15) is 0 Å². The van der Waals surface area contributed by atoms with Crippen LogP contribution in [0, 0.1) is 11.3 Å². The number of nitrogens with zero attached hydrogens (tertiary/aromatic N) is 2. The van der Waals surface area contributed by atoms with Gasteiger partial charge in [-0.25, -0.2) is 0 Å². The lowest BCUT2D eigenvalue weighted by atomic mass is 9.90. The summed E-state index contributed by atoms with van der Waals surface area (Å²) in [5.41, 5.74) is 0.654. The van der Waals surface area contributed by atoms with Crippen LogP contribution in [0.4, 0.5) is 0 Å². The Morgan fingerprint density at radius 2 is 1.74 bits per heavy atom. The summed E-state index contributed by atoms with van der Waals surface area (Å²) in [6.45, 7) is 8.79. The second kappa shape index (κ2) is 7.79. The molecule has 0 bridgehead atoms. The molecule has 27 heavy (non-hydrogen) atoms. The van der Waals surface area contributed by atoms with E-state index in [0.29, 0.717) is 32.8 Å². The smallest absolute Gasteiger partial charge is 0.227 e. The summed E-state index contributed by atoms with van der Waals surface area (Å²) in [6.07, 6.45) is 1.46. The fraction of sp³-hybridized carbons (Fsp3) is 0.619. The van der Waals surface area contributed by atoms with E-state index in [1.807, 2.05) is 50.9 Å². The maximum atomic E-state index is 12.8. The third-order valence-corrected chi connectivity index (χ3v) is 5.18. The lowest BCUT2D eigenvalue weighted by Crippen LogP contribution is -2.46. The van der Waals surface area contributed by atoms with Gasteiger partial charge in [0.25, 0.3) is 0 Å². The first-order valence-electron chi connectivity index (χ1n) is 9.68. The first-order chi connectivity index (χ1) is 12.8. The molecule has 1 fully saturated rings. The Balaban J connectivity index is 1.55. The molecule has 0 saturated carbocycles. The summed E-state index contributed by atoms with van der Waals surface area (Å²) in [6, 6.07) is 5.82. The summed E-state index contributed by atoms with van der Waals surface area (Å²) in [7, 11) is 1.84. The van der Waals surface area contributed by atoms with E-state index >= 15 is 0 Å². The summed E-state index contributed by atoms with van der Waals surface area (Å²) in [4.78, 5) is 28.9. The molecule has 1 aromatic rings. The van der Waals surface area contributed by atoms with Crippen LogP contribution in [0.25, 0.3) is 0 Å². The highest BCUT2D eigenvalue weighted by molar-refractivity contribution is 5.82. The van der Waals surface area contributed by atoms with Crippen LogP contribution < -0.4 is 9.47 Å². The van der Waals surface area contributed by atoms with Crippen molar-refractivity contribution < 1.29 is 19.1 Å². The number of fused-ring (bicyclic) bond motifs is 1. The number of hydrogen-bond acceptors (Lipinski definition) is 4. The fourth-order valence-electron chi connectivity index (χ4n) is 3.65. The average molecular weight is 374 g/mol. The van der Waals surface area contributed by atoms with Gasteiger partial charge in [-0.1, -0.05) is 26.8 Å². The standard InChI is InChI=1S/C21H30N2O4/c1-21(2,3)20(25)23-9-7-16(8-10-23)19(24)22(4)14-15-5-6-17-18(13-15)27-12-11-26-17/h5-6,13,16H,7-12,14H2,1-4H3. The monoisotopic (exact) mass is 374 g/mol. The average Bonchev–Trinajstić information content (AvgIpc) is 2.66. The summed E-state index contributed by atoms with van der Waals surface area (Å²) >= 11 is 0. The third kappa shape index (κ3) is 4.54. The van der Waals surface area contributed by atoms with Crippen molar-refractivity contribution in [2.75, 3.05) is 33.4 Å². The van der Waals surface area contributed by atoms with Gasteiger partial charge in [0.2, 0.25) is 11.8 Å². The topological polar surface area (TPSA) is 59.1 Å². The molecule has 6 heteroatoms. The van der Waals surface area contributed by atoms with Crippen LogP contribution in [0.15, 0.2) is 18.2 Å². The lowest BCUT2D eigenvalue weighted by molar-refractivity contribution is -0.144. The van der Waals surface area contributed by atoms with Gasteiger partial charge in [-0.15, -0.1) is 0 Å². The zero-order valence-corrected chi connectivity index (χ0v) is 16.8. The van der Waals surface area contributed by atoms with E-state index in [1.54, 1.807) is 4.90 Å². The van der Waals surface area contributed by atoms with Crippen LogP contribution in [0.1, 0.15) is 39.2 Å². The number of likely N-dealkylation sites (tertiary alicyclic amines) is 1. The first-order valence-corrected chi connectivity index (χ1v) is 9.68. The zero-order valence-electron chi connectivity index (χ0n) is 16.8. The predicted molar refractivity (Wildman–Crippen MR) is 103 cm³/mol. The maximum Gasteiger partial charge on any atom is 0.227 e. The molecule has 1 saturated heterocycles. The number of carbonyl (C=O) groups is 2. The molecule has 0 aliphatic carbocycles. The minimum absolute atomic E-state index is 0.0174. The first kappa shape index (κ1) is 19.5. The van der Waals surface area contributed by atoms with E-state index in [4.69, 9.17) is 9.47 Å². The molecule has 0 radical (unpaired) electrons. The molecule has 0 spiro atoms. The normalized spacial score (nSPS) is 17.6. The van der Waals surface area contributed by atoms with Gasteiger partial charge in [0, 0.05) is 38.0 Å². The Kier molecular flexibility index (Phi) is 5.63. The van der Waals surface area contributed by atoms with Crippen LogP contribution in [0.3, 0.4) is 0 Å². The van der Waals surface area contributed by atoms with Gasteiger partial charge in [-0.3, -0.25) is 9.59 Å². The summed E-state index contributed by atoms with van der Waals surface area (Å²) in [5.74, 6) is 1.80. The van der Waals surface area contributed by atoms with E-state index in [0.717, 1.165) is 29.9 Å². The van der Waals surface area contributed by atoms with Crippen LogP contribution in [-0.2, 0) is 16.1 Å².